The van der Waals surface area contributed by atoms with Crippen LogP contribution in [-0.4, -0.2) is 33.1 Å². The Balaban J connectivity index is 1.93. The first-order valence-electron chi connectivity index (χ1n) is 9.49. The Bertz CT molecular complexity index is 1000. The van der Waals surface area contributed by atoms with Gasteiger partial charge < -0.3 is 14.6 Å². The number of hydrogen-bond donors (Lipinski definition) is 1. The van der Waals surface area contributed by atoms with Crippen molar-refractivity contribution in [1.82, 2.24) is 14.5 Å². The minimum Gasteiger partial charge on any atom is -0.384 e. The van der Waals surface area contributed by atoms with Gasteiger partial charge in [-0.05, 0) is 67.4 Å². The normalized spacial score (nSPS) is 16.9. The van der Waals surface area contributed by atoms with E-state index in [2.05, 4.69) is 47.1 Å². The van der Waals surface area contributed by atoms with E-state index in [0.29, 0.717) is 6.54 Å². The van der Waals surface area contributed by atoms with Crippen molar-refractivity contribution >= 4 is 17.0 Å². The van der Waals surface area contributed by atoms with Crippen molar-refractivity contribution < 1.29 is 5.11 Å². The lowest BCUT2D eigenvalue weighted by Gasteiger charge is -2.29. The van der Waals surface area contributed by atoms with Gasteiger partial charge in [0.05, 0.1) is 12.1 Å². The van der Waals surface area contributed by atoms with Crippen molar-refractivity contribution in [1.29, 1.82) is 0 Å². The highest BCUT2D eigenvalue weighted by molar-refractivity contribution is 5.93. The molecule has 0 fully saturated rings. The smallest absolute Gasteiger partial charge is 0.105 e. The van der Waals surface area contributed by atoms with Crippen molar-refractivity contribution in [3.63, 3.8) is 0 Å². The van der Waals surface area contributed by atoms with E-state index in [1.54, 1.807) is 12.4 Å². The highest BCUT2D eigenvalue weighted by Gasteiger charge is 2.29. The van der Waals surface area contributed by atoms with Crippen molar-refractivity contribution in [3.05, 3.63) is 71.2 Å². The maximum atomic E-state index is 11.3. The number of nitrogens with zero attached hydrogens (tertiary/aromatic N) is 3. The van der Waals surface area contributed by atoms with Crippen LogP contribution in [0.5, 0.6) is 0 Å². The lowest BCUT2D eigenvalue weighted by Crippen LogP contribution is -2.31. The fourth-order valence-corrected chi connectivity index (χ4v) is 4.34. The van der Waals surface area contributed by atoms with Gasteiger partial charge in [-0.15, -0.1) is 0 Å². The van der Waals surface area contributed by atoms with Crippen LogP contribution in [0.3, 0.4) is 0 Å². The fraction of sp³-hybridized carbons (Fsp3) is 0.348. The molecule has 0 saturated carbocycles. The van der Waals surface area contributed by atoms with Gasteiger partial charge in [-0.2, -0.15) is 0 Å². The van der Waals surface area contributed by atoms with Crippen molar-refractivity contribution in [3.8, 4) is 0 Å². The second-order valence-corrected chi connectivity index (χ2v) is 7.96. The van der Waals surface area contributed by atoms with Crippen LogP contribution in [0.15, 0.2) is 43.2 Å². The number of aromatic nitrogens is 2. The number of fused-ring (bicyclic) bond motifs is 3. The molecule has 1 aromatic carbocycles. The highest BCUT2D eigenvalue weighted by atomic mass is 16.3. The number of pyridine rings is 1. The number of aliphatic hydroxyl groups is 1. The van der Waals surface area contributed by atoms with E-state index >= 15 is 0 Å². The molecule has 0 radical (unpaired) electrons. The number of rotatable bonds is 4. The summed E-state index contributed by atoms with van der Waals surface area (Å²) in [5.41, 5.74) is 6.19. The molecule has 2 aromatic heterocycles. The lowest BCUT2D eigenvalue weighted by atomic mass is 9.96. The molecular formula is C23H27N3O. The molecule has 4 rings (SSSR count). The molecule has 1 aliphatic heterocycles. The minimum absolute atomic E-state index is 0.510. The maximum Gasteiger partial charge on any atom is 0.105 e. The molecule has 0 bridgehead atoms. The summed E-state index contributed by atoms with van der Waals surface area (Å²) in [4.78, 5) is 6.45. The van der Waals surface area contributed by atoms with Gasteiger partial charge >= 0.3 is 0 Å². The highest BCUT2D eigenvalue weighted by Crippen LogP contribution is 2.36. The molecule has 0 aliphatic carbocycles. The minimum atomic E-state index is -0.977. The predicted octanol–water partition coefficient (Wildman–Crippen LogP) is 3.88. The van der Waals surface area contributed by atoms with Crippen molar-refractivity contribution in [2.45, 2.75) is 39.0 Å². The average Bonchev–Trinajstić information content (AvgIpc) is 2.94. The molecule has 1 N–H and O–H groups in total. The zero-order chi connectivity index (χ0) is 19.2. The van der Waals surface area contributed by atoms with Gasteiger partial charge in [0.15, 0.2) is 0 Å². The number of aryl methyl sites for hydroxylation is 1. The van der Waals surface area contributed by atoms with Gasteiger partial charge in [0, 0.05) is 43.0 Å². The molecule has 0 amide bonds. The summed E-state index contributed by atoms with van der Waals surface area (Å²) >= 11 is 0. The Kier molecular flexibility index (Phi) is 4.41. The first-order valence-corrected chi connectivity index (χ1v) is 9.49. The van der Waals surface area contributed by atoms with Crippen LogP contribution >= 0.6 is 0 Å². The van der Waals surface area contributed by atoms with E-state index in [1.807, 2.05) is 25.1 Å². The SMILES string of the molecule is C=Cc1cc(C)cc2c3c(n(CC(C)(O)c4ccncc4)c12)CCN(C)C3. The van der Waals surface area contributed by atoms with Crippen LogP contribution in [0.2, 0.25) is 0 Å². The number of hydrogen-bond acceptors (Lipinski definition) is 3. The molecule has 4 nitrogen and oxygen atoms in total. The zero-order valence-electron chi connectivity index (χ0n) is 16.4. The Morgan fingerprint density at radius 1 is 1.30 bits per heavy atom. The molecule has 3 heterocycles. The van der Waals surface area contributed by atoms with Gasteiger partial charge in [0.25, 0.3) is 0 Å². The van der Waals surface area contributed by atoms with Crippen LogP contribution in [-0.2, 0) is 25.1 Å². The molecule has 1 unspecified atom stereocenters. The van der Waals surface area contributed by atoms with Crippen LogP contribution in [0.4, 0.5) is 0 Å². The first-order chi connectivity index (χ1) is 12.9. The number of likely N-dealkylation sites (N-methyl/N-ethyl adjacent to an activating group) is 1. The summed E-state index contributed by atoms with van der Waals surface area (Å²) in [5.74, 6) is 0. The van der Waals surface area contributed by atoms with E-state index < -0.39 is 5.60 Å². The molecule has 1 atom stereocenters. The topological polar surface area (TPSA) is 41.3 Å². The molecule has 0 saturated heterocycles. The third-order valence-electron chi connectivity index (χ3n) is 5.70. The Morgan fingerprint density at radius 3 is 2.74 bits per heavy atom. The van der Waals surface area contributed by atoms with Gasteiger partial charge in [0.1, 0.15) is 5.60 Å². The molecule has 3 aromatic rings. The number of benzene rings is 1. The van der Waals surface area contributed by atoms with Gasteiger partial charge in [-0.3, -0.25) is 4.98 Å². The Hall–Kier alpha value is -2.43. The van der Waals surface area contributed by atoms with Crippen LogP contribution in [0.1, 0.15) is 34.9 Å². The Morgan fingerprint density at radius 2 is 2.04 bits per heavy atom. The van der Waals surface area contributed by atoms with E-state index in [-0.39, 0.29) is 0 Å². The predicted molar refractivity (Wildman–Crippen MR) is 111 cm³/mol. The zero-order valence-corrected chi connectivity index (χ0v) is 16.4. The fourth-order valence-electron chi connectivity index (χ4n) is 4.34. The summed E-state index contributed by atoms with van der Waals surface area (Å²) in [6.45, 7) is 10.5. The summed E-state index contributed by atoms with van der Waals surface area (Å²) in [7, 11) is 2.17. The molecule has 4 heteroatoms. The van der Waals surface area contributed by atoms with E-state index in [9.17, 15) is 5.11 Å². The maximum absolute atomic E-state index is 11.3. The van der Waals surface area contributed by atoms with Gasteiger partial charge in [-0.1, -0.05) is 12.7 Å². The third kappa shape index (κ3) is 3.09. The molecule has 1 aliphatic rings. The Labute approximate surface area is 160 Å². The van der Waals surface area contributed by atoms with Crippen molar-refractivity contribution in [2.24, 2.45) is 0 Å². The lowest BCUT2D eigenvalue weighted by molar-refractivity contribution is 0.0384. The van der Waals surface area contributed by atoms with Crippen molar-refractivity contribution in [2.75, 3.05) is 13.6 Å². The van der Waals surface area contributed by atoms with Gasteiger partial charge in [0.2, 0.25) is 0 Å². The van der Waals surface area contributed by atoms with Crippen LogP contribution < -0.4 is 0 Å². The van der Waals surface area contributed by atoms with Crippen LogP contribution in [0.25, 0.3) is 17.0 Å². The molecular weight excluding hydrogens is 334 g/mol. The molecule has 140 valence electrons. The largest absolute Gasteiger partial charge is 0.384 e. The standard InChI is InChI=1S/C23H27N3O/c1-5-17-12-16(2)13-19-20-14-25(4)11-8-21(20)26(22(17)19)15-23(3,27)18-6-9-24-10-7-18/h5-7,9-10,12-13,27H,1,8,11,14-15H2,2-4H3. The first kappa shape index (κ1) is 18.0. The third-order valence-corrected chi connectivity index (χ3v) is 5.70. The monoisotopic (exact) mass is 361 g/mol. The molecule has 0 spiro atoms. The van der Waals surface area contributed by atoms with E-state index in [1.165, 1.54) is 27.7 Å². The summed E-state index contributed by atoms with van der Waals surface area (Å²) in [6.07, 6.45) is 6.39. The summed E-state index contributed by atoms with van der Waals surface area (Å²) in [5, 5.41) is 12.6. The summed E-state index contributed by atoms with van der Waals surface area (Å²) in [6, 6.07) is 8.25. The van der Waals surface area contributed by atoms with E-state index in [0.717, 1.165) is 30.6 Å². The van der Waals surface area contributed by atoms with Crippen LogP contribution in [0, 0.1) is 6.92 Å². The van der Waals surface area contributed by atoms with E-state index in [4.69, 9.17) is 0 Å². The molecule has 27 heavy (non-hydrogen) atoms. The second-order valence-electron chi connectivity index (χ2n) is 7.96. The second kappa shape index (κ2) is 6.63. The summed E-state index contributed by atoms with van der Waals surface area (Å²) < 4.78 is 2.33. The van der Waals surface area contributed by atoms with Gasteiger partial charge in [-0.25, -0.2) is 0 Å². The quantitative estimate of drug-likeness (QED) is 0.767. The average molecular weight is 361 g/mol.